The van der Waals surface area contributed by atoms with Gasteiger partial charge in [-0.25, -0.2) is 0 Å². The first-order chi connectivity index (χ1) is 7.70. The van der Waals surface area contributed by atoms with Crippen molar-refractivity contribution < 1.29 is 4.92 Å². The Morgan fingerprint density at radius 3 is 2.88 bits per heavy atom. The molecule has 0 saturated carbocycles. The van der Waals surface area contributed by atoms with E-state index in [1.807, 2.05) is 0 Å². The van der Waals surface area contributed by atoms with Crippen LogP contribution >= 0.6 is 0 Å². The standard InChI is InChI=1S/C10H10N4O2/c11-10-12-6-3-7-13(10)8-4-1-2-5-9(8)14(15)16/h1-7,10H,11H2. The first kappa shape index (κ1) is 10.3. The number of aliphatic imine (C=N–C) groups is 1. The van der Waals surface area contributed by atoms with Gasteiger partial charge in [0, 0.05) is 18.5 Å². The van der Waals surface area contributed by atoms with Gasteiger partial charge in [-0.05, 0) is 12.1 Å². The Labute approximate surface area is 91.8 Å². The van der Waals surface area contributed by atoms with E-state index >= 15 is 0 Å². The number of hydrogen-bond donors (Lipinski definition) is 1. The lowest BCUT2D eigenvalue weighted by atomic mass is 10.2. The highest BCUT2D eigenvalue weighted by Crippen LogP contribution is 2.29. The van der Waals surface area contributed by atoms with Gasteiger partial charge in [0.2, 0.25) is 0 Å². The van der Waals surface area contributed by atoms with Crippen LogP contribution in [0, 0.1) is 10.1 Å². The van der Waals surface area contributed by atoms with Crippen LogP contribution in [-0.4, -0.2) is 17.4 Å². The number of benzene rings is 1. The highest BCUT2D eigenvalue weighted by Gasteiger charge is 2.21. The summed E-state index contributed by atoms with van der Waals surface area (Å²) in [5.74, 6) is 0. The van der Waals surface area contributed by atoms with Crippen molar-refractivity contribution in [3.8, 4) is 0 Å². The summed E-state index contributed by atoms with van der Waals surface area (Å²) >= 11 is 0. The van der Waals surface area contributed by atoms with Gasteiger partial charge in [0.1, 0.15) is 5.69 Å². The van der Waals surface area contributed by atoms with Crippen LogP contribution in [0.25, 0.3) is 0 Å². The van der Waals surface area contributed by atoms with Crippen LogP contribution in [0.2, 0.25) is 0 Å². The Morgan fingerprint density at radius 2 is 2.19 bits per heavy atom. The monoisotopic (exact) mass is 218 g/mol. The number of hydrogen-bond acceptors (Lipinski definition) is 5. The number of nitro groups is 1. The Hall–Kier alpha value is -2.21. The summed E-state index contributed by atoms with van der Waals surface area (Å²) in [5.41, 5.74) is 6.19. The zero-order valence-corrected chi connectivity index (χ0v) is 8.35. The van der Waals surface area contributed by atoms with Gasteiger partial charge in [-0.2, -0.15) is 0 Å². The van der Waals surface area contributed by atoms with Crippen LogP contribution in [0.4, 0.5) is 11.4 Å². The molecule has 0 bridgehead atoms. The highest BCUT2D eigenvalue weighted by atomic mass is 16.6. The van der Waals surface area contributed by atoms with E-state index in [1.54, 1.807) is 41.6 Å². The van der Waals surface area contributed by atoms with Crippen LogP contribution in [0.5, 0.6) is 0 Å². The quantitative estimate of drug-likeness (QED) is 0.597. The summed E-state index contributed by atoms with van der Waals surface area (Å²) in [6, 6.07) is 6.42. The fourth-order valence-electron chi connectivity index (χ4n) is 1.49. The van der Waals surface area contributed by atoms with E-state index in [-0.39, 0.29) is 5.69 Å². The minimum atomic E-state index is -0.619. The van der Waals surface area contributed by atoms with E-state index in [0.29, 0.717) is 5.69 Å². The molecule has 1 aromatic rings. The molecule has 1 unspecified atom stereocenters. The number of nitrogens with zero attached hydrogens (tertiary/aromatic N) is 3. The molecule has 6 heteroatoms. The van der Waals surface area contributed by atoms with Gasteiger partial charge in [-0.3, -0.25) is 20.8 Å². The Morgan fingerprint density at radius 1 is 1.44 bits per heavy atom. The van der Waals surface area contributed by atoms with Crippen molar-refractivity contribution in [3.05, 3.63) is 46.7 Å². The van der Waals surface area contributed by atoms with Crippen molar-refractivity contribution in [3.63, 3.8) is 0 Å². The number of allylic oxidation sites excluding steroid dienone is 1. The number of anilines is 1. The summed E-state index contributed by atoms with van der Waals surface area (Å²) in [6.45, 7) is 0. The van der Waals surface area contributed by atoms with Crippen LogP contribution in [0.15, 0.2) is 41.5 Å². The third-order valence-corrected chi connectivity index (χ3v) is 2.21. The molecule has 1 aliphatic heterocycles. The third kappa shape index (κ3) is 1.78. The molecule has 1 aromatic carbocycles. The number of nitrogens with two attached hydrogens (primary N) is 1. The van der Waals surface area contributed by atoms with Gasteiger partial charge in [-0.1, -0.05) is 12.1 Å². The molecule has 0 spiro atoms. The van der Waals surface area contributed by atoms with E-state index in [9.17, 15) is 10.1 Å². The van der Waals surface area contributed by atoms with Gasteiger partial charge < -0.3 is 4.90 Å². The fraction of sp³-hybridized carbons (Fsp3) is 0.100. The van der Waals surface area contributed by atoms with Crippen LogP contribution in [0.1, 0.15) is 0 Å². The Kier molecular flexibility index (Phi) is 2.65. The van der Waals surface area contributed by atoms with Gasteiger partial charge in [0.05, 0.1) is 4.92 Å². The van der Waals surface area contributed by atoms with E-state index in [4.69, 9.17) is 5.73 Å². The van der Waals surface area contributed by atoms with Crippen LogP contribution < -0.4 is 10.6 Å². The maximum absolute atomic E-state index is 10.8. The van der Waals surface area contributed by atoms with Crippen molar-refractivity contribution in [2.75, 3.05) is 4.90 Å². The zero-order valence-electron chi connectivity index (χ0n) is 8.35. The molecule has 2 N–H and O–H groups in total. The number of rotatable bonds is 2. The molecule has 0 aromatic heterocycles. The first-order valence-corrected chi connectivity index (χ1v) is 4.67. The average Bonchev–Trinajstić information content (AvgIpc) is 2.29. The van der Waals surface area contributed by atoms with Crippen molar-refractivity contribution in [1.82, 2.24) is 0 Å². The van der Waals surface area contributed by atoms with Gasteiger partial charge in [0.15, 0.2) is 6.29 Å². The first-order valence-electron chi connectivity index (χ1n) is 4.67. The maximum atomic E-state index is 10.8. The molecule has 0 fully saturated rings. The molecule has 82 valence electrons. The lowest BCUT2D eigenvalue weighted by molar-refractivity contribution is -0.384. The highest BCUT2D eigenvalue weighted by molar-refractivity contribution is 5.76. The SMILES string of the molecule is NC1N=CC=CN1c1ccccc1[N+](=O)[O-]. The molecule has 1 heterocycles. The Balaban J connectivity index is 2.44. The molecule has 1 aliphatic rings. The van der Waals surface area contributed by atoms with E-state index in [0.717, 1.165) is 0 Å². The van der Waals surface area contributed by atoms with E-state index in [1.165, 1.54) is 6.07 Å². The fourth-order valence-corrected chi connectivity index (χ4v) is 1.49. The molecule has 1 atom stereocenters. The molecule has 2 rings (SSSR count). The zero-order chi connectivity index (χ0) is 11.5. The predicted octanol–water partition coefficient (Wildman–Crippen LogP) is 1.24. The number of para-hydroxylation sites is 2. The van der Waals surface area contributed by atoms with Gasteiger partial charge >= 0.3 is 0 Å². The van der Waals surface area contributed by atoms with Crippen LogP contribution in [-0.2, 0) is 0 Å². The average molecular weight is 218 g/mol. The normalized spacial score (nSPS) is 18.8. The summed E-state index contributed by atoms with van der Waals surface area (Å²) in [6.07, 6.45) is 4.29. The molecule has 0 saturated heterocycles. The molecule has 16 heavy (non-hydrogen) atoms. The second-order valence-corrected chi connectivity index (χ2v) is 3.21. The lowest BCUT2D eigenvalue weighted by Crippen LogP contribution is -2.38. The van der Waals surface area contributed by atoms with Crippen molar-refractivity contribution in [1.29, 1.82) is 0 Å². The molecule has 0 aliphatic carbocycles. The largest absolute Gasteiger partial charge is 0.307 e. The molecule has 0 radical (unpaired) electrons. The molecule has 6 nitrogen and oxygen atoms in total. The summed E-state index contributed by atoms with van der Waals surface area (Å²) in [4.78, 5) is 15.9. The summed E-state index contributed by atoms with van der Waals surface area (Å²) in [7, 11) is 0. The number of nitro benzene ring substituents is 1. The Bertz CT molecular complexity index is 470. The van der Waals surface area contributed by atoms with Crippen molar-refractivity contribution >= 4 is 17.6 Å². The van der Waals surface area contributed by atoms with E-state index < -0.39 is 11.2 Å². The lowest BCUT2D eigenvalue weighted by Gasteiger charge is -2.25. The smallest absolute Gasteiger partial charge is 0.292 e. The van der Waals surface area contributed by atoms with Crippen LogP contribution in [0.3, 0.4) is 0 Å². The van der Waals surface area contributed by atoms with Crippen molar-refractivity contribution in [2.45, 2.75) is 6.29 Å². The predicted molar refractivity (Wildman–Crippen MR) is 61.2 cm³/mol. The van der Waals surface area contributed by atoms with Gasteiger partial charge in [-0.15, -0.1) is 0 Å². The van der Waals surface area contributed by atoms with Gasteiger partial charge in [0.25, 0.3) is 5.69 Å². The third-order valence-electron chi connectivity index (χ3n) is 2.21. The molecular formula is C10H10N4O2. The summed E-state index contributed by atoms with van der Waals surface area (Å²) in [5, 5.41) is 10.8. The van der Waals surface area contributed by atoms with E-state index in [2.05, 4.69) is 4.99 Å². The second-order valence-electron chi connectivity index (χ2n) is 3.21. The summed E-state index contributed by atoms with van der Waals surface area (Å²) < 4.78 is 0. The topological polar surface area (TPSA) is 84.8 Å². The second kappa shape index (κ2) is 4.11. The minimum Gasteiger partial charge on any atom is -0.307 e. The minimum absolute atomic E-state index is 0.0136. The molecule has 0 amide bonds. The maximum Gasteiger partial charge on any atom is 0.292 e. The van der Waals surface area contributed by atoms with Crippen molar-refractivity contribution in [2.24, 2.45) is 10.7 Å². The molecular weight excluding hydrogens is 208 g/mol.